The van der Waals surface area contributed by atoms with Crippen molar-refractivity contribution in [1.29, 1.82) is 0 Å². The predicted octanol–water partition coefficient (Wildman–Crippen LogP) is 4.70. The molecule has 1 amide bonds. The van der Waals surface area contributed by atoms with E-state index >= 15 is 0 Å². The van der Waals surface area contributed by atoms with E-state index in [9.17, 15) is 13.2 Å². The zero-order valence-electron chi connectivity index (χ0n) is 16.1. The molecule has 0 aliphatic rings. The first-order valence-corrected chi connectivity index (χ1v) is 11.7. The third-order valence-electron chi connectivity index (χ3n) is 4.43. The molecule has 3 aromatic carbocycles. The summed E-state index contributed by atoms with van der Waals surface area (Å²) in [7, 11) is -3.81. The van der Waals surface area contributed by atoms with Gasteiger partial charge in [0.05, 0.1) is 22.2 Å². The first-order chi connectivity index (χ1) is 13.9. The number of carbonyl (C=O) groups excluding carboxylic acids is 1. The highest BCUT2D eigenvalue weighted by Crippen LogP contribution is 2.23. The minimum Gasteiger partial charge on any atom is -0.345 e. The van der Waals surface area contributed by atoms with Crippen molar-refractivity contribution in [2.75, 3.05) is 11.0 Å². The summed E-state index contributed by atoms with van der Waals surface area (Å²) in [6.45, 7) is 1.88. The molecule has 0 radical (unpaired) electrons. The molecule has 3 rings (SSSR count). The molecule has 0 aliphatic heterocycles. The standard InChI is InChI=1S/C22H22N2O3S2/c1-16(17-8-4-3-5-9-17)23-22(25)20-10-6-7-11-21(20)24-29(26,27)19-14-12-18(28-2)13-15-19/h3-16,24H,1-2H3,(H,23,25)/t16-/m0/s1. The molecular weight excluding hydrogens is 404 g/mol. The van der Waals surface area contributed by atoms with Crippen LogP contribution in [0.1, 0.15) is 28.9 Å². The Morgan fingerprint density at radius 1 is 0.897 bits per heavy atom. The number of anilines is 1. The number of carbonyl (C=O) groups is 1. The monoisotopic (exact) mass is 426 g/mol. The van der Waals surface area contributed by atoms with E-state index < -0.39 is 10.0 Å². The maximum atomic E-state index is 12.8. The molecule has 0 bridgehead atoms. The molecule has 2 N–H and O–H groups in total. The predicted molar refractivity (Wildman–Crippen MR) is 118 cm³/mol. The van der Waals surface area contributed by atoms with Crippen LogP contribution < -0.4 is 10.0 Å². The zero-order valence-corrected chi connectivity index (χ0v) is 17.8. The lowest BCUT2D eigenvalue weighted by Gasteiger charge is -2.17. The van der Waals surface area contributed by atoms with Crippen molar-refractivity contribution in [1.82, 2.24) is 5.32 Å². The average molecular weight is 427 g/mol. The first-order valence-electron chi connectivity index (χ1n) is 9.02. The molecule has 1 atom stereocenters. The molecule has 0 fully saturated rings. The van der Waals surface area contributed by atoms with Crippen LogP contribution in [0.4, 0.5) is 5.69 Å². The van der Waals surface area contributed by atoms with Crippen molar-refractivity contribution in [2.45, 2.75) is 22.8 Å². The van der Waals surface area contributed by atoms with E-state index in [2.05, 4.69) is 10.0 Å². The highest BCUT2D eigenvalue weighted by molar-refractivity contribution is 7.98. The van der Waals surface area contributed by atoms with Crippen LogP contribution >= 0.6 is 11.8 Å². The van der Waals surface area contributed by atoms with Gasteiger partial charge < -0.3 is 5.32 Å². The molecule has 5 nitrogen and oxygen atoms in total. The van der Waals surface area contributed by atoms with Crippen molar-refractivity contribution in [3.05, 3.63) is 90.0 Å². The fourth-order valence-electron chi connectivity index (χ4n) is 2.83. The lowest BCUT2D eigenvalue weighted by Crippen LogP contribution is -2.28. The Labute approximate surface area is 175 Å². The molecule has 150 valence electrons. The Kier molecular flexibility index (Phi) is 6.61. The summed E-state index contributed by atoms with van der Waals surface area (Å²) >= 11 is 1.53. The minimum absolute atomic E-state index is 0.142. The number of amides is 1. The average Bonchev–Trinajstić information content (AvgIpc) is 2.74. The highest BCUT2D eigenvalue weighted by atomic mass is 32.2. The first kappa shape index (κ1) is 21.0. The Hall–Kier alpha value is -2.77. The summed E-state index contributed by atoms with van der Waals surface area (Å²) in [5.74, 6) is -0.350. The Balaban J connectivity index is 1.81. The maximum absolute atomic E-state index is 12.8. The SMILES string of the molecule is CSc1ccc(S(=O)(=O)Nc2ccccc2C(=O)N[C@@H](C)c2ccccc2)cc1. The molecule has 29 heavy (non-hydrogen) atoms. The summed E-state index contributed by atoms with van der Waals surface area (Å²) < 4.78 is 28.1. The van der Waals surface area contributed by atoms with Crippen LogP contribution in [0.15, 0.2) is 88.7 Å². The van der Waals surface area contributed by atoms with Gasteiger partial charge in [-0.1, -0.05) is 42.5 Å². The molecule has 0 aliphatic carbocycles. The van der Waals surface area contributed by atoms with Crippen molar-refractivity contribution in [3.8, 4) is 0 Å². The third kappa shape index (κ3) is 5.19. The van der Waals surface area contributed by atoms with Crippen molar-refractivity contribution < 1.29 is 13.2 Å². The van der Waals surface area contributed by atoms with Gasteiger partial charge in [0.25, 0.3) is 15.9 Å². The van der Waals surface area contributed by atoms with E-state index in [-0.39, 0.29) is 28.1 Å². The minimum atomic E-state index is -3.81. The van der Waals surface area contributed by atoms with Gasteiger partial charge in [-0.3, -0.25) is 9.52 Å². The summed E-state index contributed by atoms with van der Waals surface area (Å²) in [4.78, 5) is 13.9. The number of hydrogen-bond donors (Lipinski definition) is 2. The van der Waals surface area contributed by atoms with Crippen LogP contribution in [0.25, 0.3) is 0 Å². The molecule has 0 spiro atoms. The van der Waals surface area contributed by atoms with Gasteiger partial charge in [0.2, 0.25) is 0 Å². The van der Waals surface area contributed by atoms with Gasteiger partial charge in [0.1, 0.15) is 0 Å². The number of rotatable bonds is 7. The van der Waals surface area contributed by atoms with Gasteiger partial charge in [0, 0.05) is 4.90 Å². The van der Waals surface area contributed by atoms with Crippen molar-refractivity contribution in [2.24, 2.45) is 0 Å². The lowest BCUT2D eigenvalue weighted by atomic mass is 10.1. The van der Waals surface area contributed by atoms with Gasteiger partial charge >= 0.3 is 0 Å². The van der Waals surface area contributed by atoms with Crippen LogP contribution in [0.3, 0.4) is 0 Å². The maximum Gasteiger partial charge on any atom is 0.261 e. The van der Waals surface area contributed by atoms with Gasteiger partial charge in [-0.25, -0.2) is 8.42 Å². The van der Waals surface area contributed by atoms with E-state index in [1.807, 2.05) is 43.5 Å². The second-order valence-electron chi connectivity index (χ2n) is 6.43. The van der Waals surface area contributed by atoms with Crippen molar-refractivity contribution in [3.63, 3.8) is 0 Å². The second kappa shape index (κ2) is 9.15. The summed E-state index contributed by atoms with van der Waals surface area (Å²) in [6, 6.07) is 22.5. The van der Waals surface area contributed by atoms with E-state index in [1.165, 1.54) is 11.8 Å². The quantitative estimate of drug-likeness (QED) is 0.537. The molecule has 0 heterocycles. The summed E-state index contributed by atoms with van der Waals surface area (Å²) in [5.41, 5.74) is 1.46. The lowest BCUT2D eigenvalue weighted by molar-refractivity contribution is 0.0941. The molecule has 7 heteroatoms. The van der Waals surface area contributed by atoms with Gasteiger partial charge in [-0.05, 0) is 55.1 Å². The summed E-state index contributed by atoms with van der Waals surface area (Å²) in [5, 5.41) is 2.92. The van der Waals surface area contributed by atoms with Gasteiger partial charge in [-0.2, -0.15) is 0 Å². The summed E-state index contributed by atoms with van der Waals surface area (Å²) in [6.07, 6.45) is 1.92. The second-order valence-corrected chi connectivity index (χ2v) is 8.99. The largest absolute Gasteiger partial charge is 0.345 e. The fraction of sp³-hybridized carbons (Fsp3) is 0.136. The smallest absolute Gasteiger partial charge is 0.261 e. The van der Waals surface area contributed by atoms with Gasteiger partial charge in [-0.15, -0.1) is 11.8 Å². The van der Waals surface area contributed by atoms with Gasteiger partial charge in [0.15, 0.2) is 0 Å². The number of hydrogen-bond acceptors (Lipinski definition) is 4. The molecule has 0 saturated carbocycles. The van der Waals surface area contributed by atoms with Crippen LogP contribution in [-0.2, 0) is 10.0 Å². The van der Waals surface area contributed by atoms with Crippen molar-refractivity contribution >= 4 is 33.4 Å². The molecule has 3 aromatic rings. The topological polar surface area (TPSA) is 75.3 Å². The molecular formula is C22H22N2O3S2. The Bertz CT molecular complexity index is 1080. The Morgan fingerprint density at radius 3 is 2.17 bits per heavy atom. The number of sulfonamides is 1. The normalized spacial score (nSPS) is 12.2. The van der Waals surface area contributed by atoms with Crippen LogP contribution in [0, 0.1) is 0 Å². The number of benzene rings is 3. The van der Waals surface area contributed by atoms with Crippen LogP contribution in [-0.4, -0.2) is 20.6 Å². The van der Waals surface area contributed by atoms with E-state index in [4.69, 9.17) is 0 Å². The van der Waals surface area contributed by atoms with E-state index in [0.29, 0.717) is 0 Å². The Morgan fingerprint density at radius 2 is 1.52 bits per heavy atom. The number of thioether (sulfide) groups is 1. The van der Waals surface area contributed by atoms with Crippen LogP contribution in [0.2, 0.25) is 0 Å². The van der Waals surface area contributed by atoms with E-state index in [0.717, 1.165) is 10.5 Å². The number of nitrogens with one attached hydrogen (secondary N) is 2. The fourth-order valence-corrected chi connectivity index (χ4v) is 4.32. The van der Waals surface area contributed by atoms with Crippen LogP contribution in [0.5, 0.6) is 0 Å². The highest BCUT2D eigenvalue weighted by Gasteiger charge is 2.19. The molecule has 0 saturated heterocycles. The zero-order chi connectivity index (χ0) is 20.9. The third-order valence-corrected chi connectivity index (χ3v) is 6.56. The van der Waals surface area contributed by atoms with E-state index in [1.54, 1.807) is 48.5 Å². The number of para-hydroxylation sites is 1. The molecule has 0 unspecified atom stereocenters. The molecule has 0 aromatic heterocycles.